The summed E-state index contributed by atoms with van der Waals surface area (Å²) in [5.74, 6) is 1.55. The highest BCUT2D eigenvalue weighted by atomic mass is 15.2. The zero-order chi connectivity index (χ0) is 14.7. The summed E-state index contributed by atoms with van der Waals surface area (Å²) < 4.78 is 1.89. The van der Waals surface area contributed by atoms with Crippen LogP contribution in [0.15, 0.2) is 18.5 Å². The third-order valence-corrected chi connectivity index (χ3v) is 4.15. The summed E-state index contributed by atoms with van der Waals surface area (Å²) in [5, 5.41) is 7.91. The summed E-state index contributed by atoms with van der Waals surface area (Å²) in [5.41, 5.74) is 2.08. The quantitative estimate of drug-likeness (QED) is 0.918. The minimum atomic E-state index is 0.620. The van der Waals surface area contributed by atoms with Crippen LogP contribution in [-0.2, 0) is 0 Å². The van der Waals surface area contributed by atoms with Gasteiger partial charge >= 0.3 is 0 Å². The maximum Gasteiger partial charge on any atom is 0.152 e. The molecule has 0 saturated carbocycles. The molecule has 0 bridgehead atoms. The molecule has 2 aromatic heterocycles. The van der Waals surface area contributed by atoms with E-state index < -0.39 is 0 Å². The van der Waals surface area contributed by atoms with Gasteiger partial charge in [-0.15, -0.1) is 0 Å². The van der Waals surface area contributed by atoms with Crippen molar-refractivity contribution in [2.75, 3.05) is 31.5 Å². The lowest BCUT2D eigenvalue weighted by molar-refractivity contribution is 0.204. The van der Waals surface area contributed by atoms with E-state index in [1.165, 1.54) is 38.9 Å². The van der Waals surface area contributed by atoms with Gasteiger partial charge in [0.25, 0.3) is 0 Å². The van der Waals surface area contributed by atoms with Crippen molar-refractivity contribution in [3.8, 4) is 0 Å². The minimum Gasteiger partial charge on any atom is -0.368 e. The molecule has 1 aliphatic rings. The Morgan fingerprint density at radius 2 is 2.10 bits per heavy atom. The molecule has 5 nitrogen and oxygen atoms in total. The highest BCUT2D eigenvalue weighted by Gasteiger charge is 2.14. The van der Waals surface area contributed by atoms with Crippen molar-refractivity contribution >= 4 is 11.3 Å². The molecule has 1 saturated heterocycles. The number of nitrogens with one attached hydrogen (secondary N) is 1. The molecule has 2 aromatic rings. The number of hydrogen-bond donors (Lipinski definition) is 1. The van der Waals surface area contributed by atoms with Gasteiger partial charge in [0.15, 0.2) is 5.82 Å². The van der Waals surface area contributed by atoms with Crippen LogP contribution >= 0.6 is 0 Å². The van der Waals surface area contributed by atoms with Crippen molar-refractivity contribution in [3.05, 3.63) is 24.2 Å². The SMILES string of the molecule is Cc1cc2c(NCC(C)CN3CCCCC3)nccn2n1. The van der Waals surface area contributed by atoms with E-state index in [0.29, 0.717) is 5.92 Å². The Balaban J connectivity index is 1.58. The molecule has 1 N–H and O–H groups in total. The van der Waals surface area contributed by atoms with E-state index in [1.807, 2.05) is 17.6 Å². The fraction of sp³-hybridized carbons (Fsp3) is 0.625. The van der Waals surface area contributed by atoms with Crippen LogP contribution in [0, 0.1) is 12.8 Å². The molecule has 0 radical (unpaired) electrons. The smallest absolute Gasteiger partial charge is 0.152 e. The molecule has 3 heterocycles. The number of anilines is 1. The van der Waals surface area contributed by atoms with Crippen molar-refractivity contribution in [1.82, 2.24) is 19.5 Å². The van der Waals surface area contributed by atoms with Gasteiger partial charge in [-0.05, 0) is 44.8 Å². The van der Waals surface area contributed by atoms with Gasteiger partial charge in [-0.25, -0.2) is 9.50 Å². The van der Waals surface area contributed by atoms with Crippen molar-refractivity contribution in [2.45, 2.75) is 33.1 Å². The third-order valence-electron chi connectivity index (χ3n) is 4.15. The summed E-state index contributed by atoms with van der Waals surface area (Å²) in [4.78, 5) is 7.04. The van der Waals surface area contributed by atoms with Gasteiger partial charge in [-0.3, -0.25) is 0 Å². The van der Waals surface area contributed by atoms with E-state index in [-0.39, 0.29) is 0 Å². The summed E-state index contributed by atoms with van der Waals surface area (Å²) in [7, 11) is 0. The fourth-order valence-electron chi connectivity index (χ4n) is 3.10. The zero-order valence-electron chi connectivity index (χ0n) is 13.0. The van der Waals surface area contributed by atoms with Crippen molar-refractivity contribution in [1.29, 1.82) is 0 Å². The Morgan fingerprint density at radius 1 is 1.29 bits per heavy atom. The molecule has 5 heteroatoms. The average Bonchev–Trinajstić information content (AvgIpc) is 2.87. The van der Waals surface area contributed by atoms with Crippen LogP contribution in [0.1, 0.15) is 31.9 Å². The van der Waals surface area contributed by atoms with Crippen LogP contribution in [-0.4, -0.2) is 45.7 Å². The van der Waals surface area contributed by atoms with Crippen molar-refractivity contribution in [2.24, 2.45) is 5.92 Å². The first-order valence-electron chi connectivity index (χ1n) is 7.99. The molecule has 1 aliphatic heterocycles. The molecule has 114 valence electrons. The van der Waals surface area contributed by atoms with Crippen LogP contribution in [0.2, 0.25) is 0 Å². The monoisotopic (exact) mass is 287 g/mol. The van der Waals surface area contributed by atoms with Crippen LogP contribution in [0.3, 0.4) is 0 Å². The zero-order valence-corrected chi connectivity index (χ0v) is 13.0. The lowest BCUT2D eigenvalue weighted by atomic mass is 10.1. The molecule has 1 atom stereocenters. The highest BCUT2D eigenvalue weighted by Crippen LogP contribution is 2.16. The van der Waals surface area contributed by atoms with Gasteiger partial charge < -0.3 is 10.2 Å². The standard InChI is InChI=1S/C16H25N5/c1-13(12-20-7-4-3-5-8-20)11-18-16-15-10-14(2)19-21(15)9-6-17-16/h6,9-10,13H,3-5,7-8,11-12H2,1-2H3,(H,17,18). The largest absolute Gasteiger partial charge is 0.368 e. The maximum absolute atomic E-state index is 4.45. The van der Waals surface area contributed by atoms with Gasteiger partial charge in [0.1, 0.15) is 5.52 Å². The topological polar surface area (TPSA) is 45.5 Å². The molecule has 0 amide bonds. The predicted octanol–water partition coefficient (Wildman–Crippen LogP) is 2.57. The molecule has 0 aromatic carbocycles. The fourth-order valence-corrected chi connectivity index (χ4v) is 3.10. The first-order valence-corrected chi connectivity index (χ1v) is 7.99. The lowest BCUT2D eigenvalue weighted by Gasteiger charge is -2.29. The van der Waals surface area contributed by atoms with Gasteiger partial charge in [0.05, 0.1) is 5.69 Å². The second kappa shape index (κ2) is 6.43. The summed E-state index contributed by atoms with van der Waals surface area (Å²) >= 11 is 0. The number of aryl methyl sites for hydroxylation is 1. The number of likely N-dealkylation sites (tertiary alicyclic amines) is 1. The molecular weight excluding hydrogens is 262 g/mol. The molecule has 0 aliphatic carbocycles. The number of hydrogen-bond acceptors (Lipinski definition) is 4. The molecular formula is C16H25N5. The number of fused-ring (bicyclic) bond motifs is 1. The second-order valence-electron chi connectivity index (χ2n) is 6.24. The summed E-state index contributed by atoms with van der Waals surface area (Å²) in [6.07, 6.45) is 7.81. The van der Waals surface area contributed by atoms with Crippen LogP contribution in [0.5, 0.6) is 0 Å². The average molecular weight is 287 g/mol. The van der Waals surface area contributed by atoms with E-state index in [9.17, 15) is 0 Å². The first kappa shape index (κ1) is 14.3. The number of nitrogens with zero attached hydrogens (tertiary/aromatic N) is 4. The van der Waals surface area contributed by atoms with Crippen molar-refractivity contribution < 1.29 is 0 Å². The van der Waals surface area contributed by atoms with Crippen LogP contribution in [0.4, 0.5) is 5.82 Å². The van der Waals surface area contributed by atoms with Gasteiger partial charge in [-0.1, -0.05) is 13.3 Å². The van der Waals surface area contributed by atoms with Gasteiger partial charge in [0, 0.05) is 25.5 Å². The number of rotatable bonds is 5. The van der Waals surface area contributed by atoms with E-state index >= 15 is 0 Å². The lowest BCUT2D eigenvalue weighted by Crippen LogP contribution is -2.35. The van der Waals surface area contributed by atoms with Crippen LogP contribution < -0.4 is 5.32 Å². The third kappa shape index (κ3) is 3.53. The van der Waals surface area contributed by atoms with Gasteiger partial charge in [0.2, 0.25) is 0 Å². The van der Waals surface area contributed by atoms with E-state index in [1.54, 1.807) is 6.20 Å². The molecule has 0 spiro atoms. The van der Waals surface area contributed by atoms with Crippen LogP contribution in [0.25, 0.3) is 5.52 Å². The van der Waals surface area contributed by atoms with Crippen molar-refractivity contribution in [3.63, 3.8) is 0 Å². The Labute approximate surface area is 126 Å². The maximum atomic E-state index is 4.45. The molecule has 3 rings (SSSR count). The summed E-state index contributed by atoms with van der Waals surface area (Å²) in [6.45, 7) is 8.97. The Kier molecular flexibility index (Phi) is 4.39. The van der Waals surface area contributed by atoms with E-state index in [2.05, 4.69) is 33.3 Å². The highest BCUT2D eigenvalue weighted by molar-refractivity contribution is 5.67. The van der Waals surface area contributed by atoms with Gasteiger partial charge in [-0.2, -0.15) is 5.10 Å². The Morgan fingerprint density at radius 3 is 2.90 bits per heavy atom. The Bertz CT molecular complexity index is 585. The Hall–Kier alpha value is -1.62. The number of aromatic nitrogens is 3. The minimum absolute atomic E-state index is 0.620. The molecule has 1 fully saturated rings. The van der Waals surface area contributed by atoms with E-state index in [0.717, 1.165) is 23.6 Å². The molecule has 1 unspecified atom stereocenters. The molecule has 21 heavy (non-hydrogen) atoms. The van der Waals surface area contributed by atoms with E-state index in [4.69, 9.17) is 0 Å². The number of piperidine rings is 1. The predicted molar refractivity (Wildman–Crippen MR) is 85.7 cm³/mol. The second-order valence-corrected chi connectivity index (χ2v) is 6.24. The normalized spacial score (nSPS) is 18.0. The summed E-state index contributed by atoms with van der Waals surface area (Å²) in [6, 6.07) is 2.07. The first-order chi connectivity index (χ1) is 10.2.